The first kappa shape index (κ1) is 13.7. The molecule has 20 heavy (non-hydrogen) atoms. The van der Waals surface area contributed by atoms with Crippen molar-refractivity contribution >= 4 is 17.3 Å². The number of nitro groups is 1. The highest BCUT2D eigenvalue weighted by atomic mass is 16.6. The molecule has 106 valence electrons. The zero-order valence-electron chi connectivity index (χ0n) is 10.6. The van der Waals surface area contributed by atoms with Gasteiger partial charge in [-0.2, -0.15) is 10.2 Å². The molecule has 10 heteroatoms. The second kappa shape index (κ2) is 5.93. The number of hydrogen-bond donors (Lipinski definition) is 1. The van der Waals surface area contributed by atoms with Crippen LogP contribution in [-0.4, -0.2) is 37.5 Å². The normalized spacial score (nSPS) is 10.4. The maximum atomic E-state index is 11.7. The molecular weight excluding hydrogens is 268 g/mol. The molecule has 0 aliphatic heterocycles. The molecule has 0 spiro atoms. The Morgan fingerprint density at radius 2 is 2.15 bits per heavy atom. The minimum Gasteiger partial charge on any atom is -0.362 e. The SMILES string of the molecule is COCn1cc(NC(=O)Cn2cc([N+](=O)[O-])cn2)cn1. The number of methoxy groups -OCH3 is 1. The summed E-state index contributed by atoms with van der Waals surface area (Å²) in [5, 5.41) is 20.8. The minimum atomic E-state index is -0.573. The number of amides is 1. The second-order valence-electron chi connectivity index (χ2n) is 3.89. The van der Waals surface area contributed by atoms with Gasteiger partial charge in [-0.05, 0) is 0 Å². The van der Waals surface area contributed by atoms with Crippen LogP contribution < -0.4 is 5.32 Å². The standard InChI is InChI=1S/C10H12N6O4/c1-20-7-15-4-8(2-11-15)13-10(17)6-14-5-9(3-12-14)16(18)19/h2-5H,6-7H2,1H3,(H,13,17). The van der Waals surface area contributed by atoms with Gasteiger partial charge in [0.15, 0.2) is 0 Å². The lowest BCUT2D eigenvalue weighted by atomic mass is 10.5. The number of carbonyl (C=O) groups is 1. The molecule has 1 amide bonds. The van der Waals surface area contributed by atoms with E-state index in [1.165, 1.54) is 28.9 Å². The highest BCUT2D eigenvalue weighted by Gasteiger charge is 2.11. The van der Waals surface area contributed by atoms with Gasteiger partial charge in [0.2, 0.25) is 5.91 Å². The van der Waals surface area contributed by atoms with Crippen LogP contribution >= 0.6 is 0 Å². The number of nitrogens with one attached hydrogen (secondary N) is 1. The molecule has 1 N–H and O–H groups in total. The summed E-state index contributed by atoms with van der Waals surface area (Å²) in [7, 11) is 1.53. The molecule has 2 aromatic heterocycles. The summed E-state index contributed by atoms with van der Waals surface area (Å²) in [5.41, 5.74) is 0.347. The third-order valence-electron chi connectivity index (χ3n) is 2.31. The zero-order valence-corrected chi connectivity index (χ0v) is 10.6. The fourth-order valence-corrected chi connectivity index (χ4v) is 1.51. The number of rotatable bonds is 6. The van der Waals surface area contributed by atoms with Gasteiger partial charge in [0, 0.05) is 7.11 Å². The van der Waals surface area contributed by atoms with Gasteiger partial charge >= 0.3 is 5.69 Å². The van der Waals surface area contributed by atoms with Crippen molar-refractivity contribution in [2.24, 2.45) is 0 Å². The van der Waals surface area contributed by atoms with Crippen LogP contribution in [0.15, 0.2) is 24.8 Å². The highest BCUT2D eigenvalue weighted by molar-refractivity contribution is 5.90. The van der Waals surface area contributed by atoms with Gasteiger partial charge in [-0.25, -0.2) is 4.68 Å². The number of anilines is 1. The summed E-state index contributed by atoms with van der Waals surface area (Å²) in [6.45, 7) is 0.157. The molecule has 2 heterocycles. The number of aromatic nitrogens is 4. The Hall–Kier alpha value is -2.75. The fourth-order valence-electron chi connectivity index (χ4n) is 1.51. The van der Waals surface area contributed by atoms with Crippen molar-refractivity contribution < 1.29 is 14.5 Å². The van der Waals surface area contributed by atoms with Crippen LogP contribution in [-0.2, 0) is 22.8 Å². The Morgan fingerprint density at radius 3 is 2.80 bits per heavy atom. The van der Waals surface area contributed by atoms with Crippen molar-refractivity contribution in [3.05, 3.63) is 34.9 Å². The second-order valence-corrected chi connectivity index (χ2v) is 3.89. The van der Waals surface area contributed by atoms with Gasteiger partial charge in [0.05, 0.1) is 23.0 Å². The number of carbonyl (C=O) groups excluding carboxylic acids is 1. The molecule has 2 aromatic rings. The fraction of sp³-hybridized carbons (Fsp3) is 0.300. The summed E-state index contributed by atoms with van der Waals surface area (Å²) >= 11 is 0. The van der Waals surface area contributed by atoms with E-state index in [9.17, 15) is 14.9 Å². The highest BCUT2D eigenvalue weighted by Crippen LogP contribution is 2.08. The summed E-state index contributed by atoms with van der Waals surface area (Å²) in [6.07, 6.45) is 5.35. The number of ether oxygens (including phenoxy) is 1. The zero-order chi connectivity index (χ0) is 14.5. The van der Waals surface area contributed by atoms with Gasteiger partial charge in [-0.15, -0.1) is 0 Å². The minimum absolute atomic E-state index is 0.122. The Morgan fingerprint density at radius 1 is 1.40 bits per heavy atom. The first-order chi connectivity index (χ1) is 9.58. The van der Waals surface area contributed by atoms with E-state index in [1.54, 1.807) is 6.20 Å². The lowest BCUT2D eigenvalue weighted by Gasteiger charge is -2.02. The predicted molar refractivity (Wildman–Crippen MR) is 66.7 cm³/mol. The average molecular weight is 280 g/mol. The molecule has 0 aliphatic carbocycles. The number of nitrogens with zero attached hydrogens (tertiary/aromatic N) is 5. The van der Waals surface area contributed by atoms with Gasteiger partial charge in [0.25, 0.3) is 0 Å². The molecule has 0 bridgehead atoms. The third-order valence-corrected chi connectivity index (χ3v) is 2.31. The summed E-state index contributed by atoms with van der Waals surface area (Å²) in [5.74, 6) is -0.361. The molecule has 2 rings (SSSR count). The van der Waals surface area contributed by atoms with E-state index in [4.69, 9.17) is 4.74 Å². The lowest BCUT2D eigenvalue weighted by molar-refractivity contribution is -0.385. The predicted octanol–water partition coefficient (Wildman–Crippen LogP) is 0.230. The molecule has 10 nitrogen and oxygen atoms in total. The molecule has 0 saturated carbocycles. The molecule has 0 radical (unpaired) electrons. The van der Waals surface area contributed by atoms with Crippen molar-refractivity contribution in [1.82, 2.24) is 19.6 Å². The maximum Gasteiger partial charge on any atom is 0.307 e. The third kappa shape index (κ3) is 3.38. The van der Waals surface area contributed by atoms with Crippen LogP contribution in [0.4, 0.5) is 11.4 Å². The summed E-state index contributed by atoms with van der Waals surface area (Å²) in [6, 6.07) is 0. The van der Waals surface area contributed by atoms with Crippen LogP contribution in [0.5, 0.6) is 0 Å². The monoisotopic (exact) mass is 280 g/mol. The Labute approximate surface area is 113 Å². The van der Waals surface area contributed by atoms with Crippen LogP contribution in [0, 0.1) is 10.1 Å². The summed E-state index contributed by atoms with van der Waals surface area (Å²) < 4.78 is 7.57. The van der Waals surface area contributed by atoms with E-state index in [2.05, 4.69) is 15.5 Å². The van der Waals surface area contributed by atoms with Gasteiger partial charge in [-0.1, -0.05) is 0 Å². The molecule has 0 aliphatic rings. The van der Waals surface area contributed by atoms with E-state index in [-0.39, 0.29) is 24.9 Å². The van der Waals surface area contributed by atoms with E-state index in [0.717, 1.165) is 6.20 Å². The van der Waals surface area contributed by atoms with E-state index in [0.29, 0.717) is 5.69 Å². The quantitative estimate of drug-likeness (QED) is 0.598. The van der Waals surface area contributed by atoms with E-state index in [1.807, 2.05) is 0 Å². The molecule has 0 aromatic carbocycles. The Balaban J connectivity index is 1.92. The van der Waals surface area contributed by atoms with Crippen molar-refractivity contribution in [3.8, 4) is 0 Å². The van der Waals surface area contributed by atoms with Crippen LogP contribution in [0.1, 0.15) is 0 Å². The maximum absolute atomic E-state index is 11.7. The van der Waals surface area contributed by atoms with E-state index >= 15 is 0 Å². The topological polar surface area (TPSA) is 117 Å². The van der Waals surface area contributed by atoms with Crippen molar-refractivity contribution in [1.29, 1.82) is 0 Å². The van der Waals surface area contributed by atoms with Gasteiger partial charge < -0.3 is 10.1 Å². The lowest BCUT2D eigenvalue weighted by Crippen LogP contribution is -2.18. The number of hydrogen-bond acceptors (Lipinski definition) is 6. The van der Waals surface area contributed by atoms with Crippen molar-refractivity contribution in [2.45, 2.75) is 13.3 Å². The van der Waals surface area contributed by atoms with E-state index < -0.39 is 4.92 Å². The molecule has 0 saturated heterocycles. The first-order valence-electron chi connectivity index (χ1n) is 5.56. The van der Waals surface area contributed by atoms with Crippen molar-refractivity contribution in [2.75, 3.05) is 12.4 Å². The largest absolute Gasteiger partial charge is 0.362 e. The Bertz CT molecular complexity index is 619. The van der Waals surface area contributed by atoms with Crippen LogP contribution in [0.25, 0.3) is 0 Å². The molecule has 0 atom stereocenters. The summed E-state index contributed by atoms with van der Waals surface area (Å²) in [4.78, 5) is 21.6. The van der Waals surface area contributed by atoms with Gasteiger partial charge in [0.1, 0.15) is 25.7 Å². The average Bonchev–Trinajstić information content (AvgIpc) is 2.99. The smallest absolute Gasteiger partial charge is 0.307 e. The van der Waals surface area contributed by atoms with Gasteiger partial charge in [-0.3, -0.25) is 19.6 Å². The molecule has 0 unspecified atom stereocenters. The van der Waals surface area contributed by atoms with Crippen molar-refractivity contribution in [3.63, 3.8) is 0 Å². The first-order valence-corrected chi connectivity index (χ1v) is 5.56. The Kier molecular flexibility index (Phi) is 4.05. The molecule has 0 fully saturated rings. The van der Waals surface area contributed by atoms with Crippen LogP contribution in [0.2, 0.25) is 0 Å². The van der Waals surface area contributed by atoms with Crippen LogP contribution in [0.3, 0.4) is 0 Å². The molecular formula is C10H12N6O4.